The van der Waals surface area contributed by atoms with Crippen molar-refractivity contribution in [1.29, 1.82) is 0 Å². The summed E-state index contributed by atoms with van der Waals surface area (Å²) in [7, 11) is 0. The number of carboxylic acids is 1. The van der Waals surface area contributed by atoms with Crippen LogP contribution in [0.1, 0.15) is 26.3 Å². The van der Waals surface area contributed by atoms with Crippen LogP contribution in [0.4, 0.5) is 0 Å². The van der Waals surface area contributed by atoms with Gasteiger partial charge in [-0.25, -0.2) is 4.79 Å². The predicted octanol–water partition coefficient (Wildman–Crippen LogP) is 6.28. The zero-order chi connectivity index (χ0) is 22.5. The summed E-state index contributed by atoms with van der Waals surface area (Å²) >= 11 is 13.1. The second-order valence-corrected chi connectivity index (χ2v) is 8.70. The molecule has 6 nitrogen and oxygen atoms in total. The molecule has 3 aromatic rings. The van der Waals surface area contributed by atoms with Crippen LogP contribution in [0.25, 0.3) is 17.5 Å². The first-order valence-corrected chi connectivity index (χ1v) is 11.1. The number of rotatable bonds is 8. The maximum atomic E-state index is 12.0. The molecule has 0 spiro atoms. The number of thioether (sulfide) groups is 1. The fourth-order valence-corrected chi connectivity index (χ4v) is 4.01. The van der Waals surface area contributed by atoms with Gasteiger partial charge in [-0.3, -0.25) is 0 Å². The minimum Gasteiger partial charge on any atom is -0.490 e. The molecule has 0 fully saturated rings. The molecular weight excluding hydrogens is 457 g/mol. The van der Waals surface area contributed by atoms with Crippen molar-refractivity contribution in [2.24, 2.45) is 0 Å². The molecule has 31 heavy (non-hydrogen) atoms. The molecule has 0 aliphatic rings. The number of hydrogen-bond donors (Lipinski definition) is 1. The van der Waals surface area contributed by atoms with E-state index in [-0.39, 0.29) is 11.0 Å². The molecule has 1 N–H and O–H groups in total. The Morgan fingerprint density at radius 1 is 1.16 bits per heavy atom. The molecule has 0 unspecified atom stereocenters. The van der Waals surface area contributed by atoms with Crippen molar-refractivity contribution in [3.8, 4) is 17.1 Å². The molecule has 0 amide bonds. The van der Waals surface area contributed by atoms with Crippen LogP contribution in [-0.2, 0) is 11.3 Å². The Kier molecular flexibility index (Phi) is 7.64. The van der Waals surface area contributed by atoms with Gasteiger partial charge in [0.15, 0.2) is 11.0 Å². The Bertz CT molecular complexity index is 1110. The number of halogens is 2. The zero-order valence-electron chi connectivity index (χ0n) is 17.2. The van der Waals surface area contributed by atoms with Crippen LogP contribution in [0, 0.1) is 0 Å². The third kappa shape index (κ3) is 5.81. The smallest absolute Gasteiger partial charge is 0.342 e. The molecule has 162 valence electrons. The predicted molar refractivity (Wildman–Crippen MR) is 125 cm³/mol. The lowest BCUT2D eigenvalue weighted by Gasteiger charge is -2.13. The third-order valence-electron chi connectivity index (χ3n) is 4.17. The maximum absolute atomic E-state index is 12.0. The van der Waals surface area contributed by atoms with Gasteiger partial charge in [-0.1, -0.05) is 23.2 Å². The second kappa shape index (κ2) is 10.2. The Morgan fingerprint density at radius 3 is 2.45 bits per heavy atom. The first kappa shape index (κ1) is 23.2. The van der Waals surface area contributed by atoms with E-state index in [0.29, 0.717) is 38.9 Å². The van der Waals surface area contributed by atoms with E-state index in [1.54, 1.807) is 30.3 Å². The lowest BCUT2D eigenvalue weighted by atomic mass is 10.2. The van der Waals surface area contributed by atoms with Crippen molar-refractivity contribution in [2.45, 2.75) is 38.6 Å². The molecule has 3 rings (SSSR count). The van der Waals surface area contributed by atoms with Crippen LogP contribution >= 0.6 is 35.0 Å². The number of carbonyl (C=O) groups is 1. The van der Waals surface area contributed by atoms with Gasteiger partial charge in [0.1, 0.15) is 10.7 Å². The third-order valence-corrected chi connectivity index (χ3v) is 5.65. The molecule has 0 radical (unpaired) electrons. The van der Waals surface area contributed by atoms with Crippen molar-refractivity contribution in [1.82, 2.24) is 14.8 Å². The van der Waals surface area contributed by atoms with E-state index < -0.39 is 5.97 Å². The van der Waals surface area contributed by atoms with E-state index in [1.165, 1.54) is 6.08 Å². The van der Waals surface area contributed by atoms with Crippen molar-refractivity contribution in [3.63, 3.8) is 0 Å². The summed E-state index contributed by atoms with van der Waals surface area (Å²) in [6, 6.07) is 12.4. The maximum Gasteiger partial charge on any atom is 0.342 e. The fraction of sp³-hybridized carbons (Fsp3) is 0.227. The first-order valence-electron chi connectivity index (χ1n) is 9.56. The van der Waals surface area contributed by atoms with E-state index in [1.807, 2.05) is 37.5 Å². The second-order valence-electron chi connectivity index (χ2n) is 6.82. The SMILES string of the molecule is CCn1c(S/C(=C/c2cc(Cl)ccc2OC(C)C)C(=O)O)nnc1-c1ccc(Cl)cc1. The Balaban J connectivity index is 1.99. The van der Waals surface area contributed by atoms with Gasteiger partial charge in [0.25, 0.3) is 0 Å². The highest BCUT2D eigenvalue weighted by atomic mass is 35.5. The van der Waals surface area contributed by atoms with Gasteiger partial charge in [-0.2, -0.15) is 0 Å². The monoisotopic (exact) mass is 477 g/mol. The quantitative estimate of drug-likeness (QED) is 0.304. The normalized spacial score (nSPS) is 11.7. The van der Waals surface area contributed by atoms with Crippen LogP contribution in [0.2, 0.25) is 10.0 Å². The molecule has 0 saturated heterocycles. The highest BCUT2D eigenvalue weighted by molar-refractivity contribution is 8.04. The van der Waals surface area contributed by atoms with E-state index in [2.05, 4.69) is 10.2 Å². The molecule has 1 aromatic heterocycles. The zero-order valence-corrected chi connectivity index (χ0v) is 19.5. The van der Waals surface area contributed by atoms with Gasteiger partial charge in [0.2, 0.25) is 0 Å². The molecule has 9 heteroatoms. The largest absolute Gasteiger partial charge is 0.490 e. The fourth-order valence-electron chi connectivity index (χ4n) is 2.83. The average molecular weight is 478 g/mol. The summed E-state index contributed by atoms with van der Waals surface area (Å²) in [4.78, 5) is 12.1. The van der Waals surface area contributed by atoms with Crippen LogP contribution < -0.4 is 4.74 Å². The molecule has 0 aliphatic carbocycles. The number of nitrogens with zero attached hydrogens (tertiary/aromatic N) is 3. The van der Waals surface area contributed by atoms with Gasteiger partial charge in [0, 0.05) is 27.7 Å². The topological polar surface area (TPSA) is 77.2 Å². The van der Waals surface area contributed by atoms with Crippen LogP contribution in [0.15, 0.2) is 52.5 Å². The molecule has 0 saturated carbocycles. The number of ether oxygens (including phenoxy) is 1. The summed E-state index contributed by atoms with van der Waals surface area (Å²) < 4.78 is 7.65. The number of aromatic nitrogens is 3. The summed E-state index contributed by atoms with van der Waals surface area (Å²) in [5.41, 5.74) is 1.42. The van der Waals surface area contributed by atoms with Crippen molar-refractivity contribution >= 4 is 47.0 Å². The molecule has 2 aromatic carbocycles. The minimum atomic E-state index is -1.08. The molecule has 0 aliphatic heterocycles. The lowest BCUT2D eigenvalue weighted by molar-refractivity contribution is -0.131. The summed E-state index contributed by atoms with van der Waals surface area (Å²) in [5.74, 6) is 0.106. The molecular formula is C22H21Cl2N3O3S. The van der Waals surface area contributed by atoms with Crippen molar-refractivity contribution in [2.75, 3.05) is 0 Å². The van der Waals surface area contributed by atoms with Crippen LogP contribution in [0.5, 0.6) is 5.75 Å². The van der Waals surface area contributed by atoms with Gasteiger partial charge in [-0.15, -0.1) is 10.2 Å². The van der Waals surface area contributed by atoms with Gasteiger partial charge in [0.05, 0.1) is 6.10 Å². The summed E-state index contributed by atoms with van der Waals surface area (Å²) in [6.07, 6.45) is 1.46. The minimum absolute atomic E-state index is 0.0700. The number of benzene rings is 2. The Hall–Kier alpha value is -2.48. The van der Waals surface area contributed by atoms with Gasteiger partial charge >= 0.3 is 5.97 Å². The molecule has 0 bridgehead atoms. The van der Waals surface area contributed by atoms with Crippen LogP contribution in [0.3, 0.4) is 0 Å². The van der Waals surface area contributed by atoms with Gasteiger partial charge < -0.3 is 14.4 Å². The first-order chi connectivity index (χ1) is 14.8. The van der Waals surface area contributed by atoms with E-state index >= 15 is 0 Å². The summed E-state index contributed by atoms with van der Waals surface area (Å²) in [5, 5.41) is 19.9. The summed E-state index contributed by atoms with van der Waals surface area (Å²) in [6.45, 7) is 6.32. The van der Waals surface area contributed by atoms with Crippen LogP contribution in [-0.4, -0.2) is 31.9 Å². The van der Waals surface area contributed by atoms with Gasteiger partial charge in [-0.05, 0) is 81.1 Å². The van der Waals surface area contributed by atoms with E-state index in [9.17, 15) is 9.90 Å². The number of aliphatic carboxylic acids is 1. The van der Waals surface area contributed by atoms with E-state index in [0.717, 1.165) is 17.3 Å². The van der Waals surface area contributed by atoms with Crippen molar-refractivity contribution in [3.05, 3.63) is 63.0 Å². The highest BCUT2D eigenvalue weighted by Gasteiger charge is 2.19. The standard InChI is InChI=1S/C22H21Cl2N3O3S/c1-4-27-20(14-5-7-16(23)8-6-14)25-26-22(27)31-19(21(28)29)12-15-11-17(24)9-10-18(15)30-13(2)3/h5-13H,4H2,1-3H3,(H,28,29)/b19-12+. The number of hydrogen-bond acceptors (Lipinski definition) is 5. The highest BCUT2D eigenvalue weighted by Crippen LogP contribution is 2.33. The van der Waals surface area contributed by atoms with E-state index in [4.69, 9.17) is 27.9 Å². The average Bonchev–Trinajstić information content (AvgIpc) is 3.12. The Labute approximate surface area is 194 Å². The Morgan fingerprint density at radius 2 is 1.84 bits per heavy atom. The lowest BCUT2D eigenvalue weighted by Crippen LogP contribution is -2.07. The molecule has 0 atom stereocenters. The number of carboxylic acid groups (broad SMARTS) is 1. The van der Waals surface area contributed by atoms with Crippen molar-refractivity contribution < 1.29 is 14.6 Å². The molecule has 1 heterocycles.